The maximum absolute atomic E-state index is 11.4. The number of amides is 2. The van der Waals surface area contributed by atoms with Gasteiger partial charge < -0.3 is 44.2 Å². The molecular weight excluding hydrogens is 551 g/mol. The Morgan fingerprint density at radius 1 is 0.775 bits per heavy atom. The Morgan fingerprint density at radius 3 is 1.43 bits per heavy atom. The van der Waals surface area contributed by atoms with Crippen LogP contribution in [-0.2, 0) is 37.5 Å². The largest absolute Gasteiger partial charge is 0.481 e. The summed E-state index contributed by atoms with van der Waals surface area (Å²) in [6, 6.07) is 0. The van der Waals surface area contributed by atoms with Crippen LogP contribution in [0.4, 0.5) is 9.59 Å². The highest BCUT2D eigenvalue weighted by molar-refractivity contribution is 7.54. The molecule has 15 heteroatoms. The van der Waals surface area contributed by atoms with Gasteiger partial charge in [-0.15, -0.1) is 0 Å². The molecule has 0 radical (unpaired) electrons. The van der Waals surface area contributed by atoms with Gasteiger partial charge in [-0.2, -0.15) is 0 Å². The lowest BCUT2D eigenvalue weighted by Gasteiger charge is -2.19. The standard InChI is InChI=1S/C9H15NO4.C7H13NO3.C6H13O5P.3CH4/c1-9(2,3)14-8(13)10-6-4-5-7(11)12;1-7(2,3)11-6(10)8-4-5-9;1-3-10-12(9,11-4-2)5-6(7)8;;;/h4-5H,6H2,1-3H3,(H,10,13)(H,11,12);5H,4H2,1-3H3,(H,8,10);3-5H2,1-2H3,(H,7,8);3*1H4/b5-4+;;;;;. The second-order valence-corrected chi connectivity index (χ2v) is 10.7. The molecule has 0 atom stereocenters. The van der Waals surface area contributed by atoms with Crippen molar-refractivity contribution in [3.63, 3.8) is 0 Å². The third-order valence-electron chi connectivity index (χ3n) is 2.73. The molecule has 0 rings (SSSR count). The number of carboxylic acids is 2. The Kier molecular flexibility index (Phi) is 32.8. The van der Waals surface area contributed by atoms with Gasteiger partial charge in [0, 0.05) is 12.6 Å². The average molecular weight is 605 g/mol. The maximum atomic E-state index is 11.4. The zero-order valence-electron chi connectivity index (χ0n) is 22.7. The van der Waals surface area contributed by atoms with Gasteiger partial charge in [-0.1, -0.05) is 28.4 Å². The van der Waals surface area contributed by atoms with E-state index in [0.717, 1.165) is 6.08 Å². The summed E-state index contributed by atoms with van der Waals surface area (Å²) in [7, 11) is -3.38. The van der Waals surface area contributed by atoms with Crippen molar-refractivity contribution in [1.29, 1.82) is 0 Å². The first kappa shape index (κ1) is 49.9. The number of rotatable bonds is 11. The highest BCUT2D eigenvalue weighted by Crippen LogP contribution is 2.47. The number of carboxylic acid groups (broad SMARTS) is 2. The number of aliphatic carboxylic acids is 2. The first-order valence-corrected chi connectivity index (χ1v) is 12.9. The number of hydrogen-bond donors (Lipinski definition) is 4. The second kappa shape index (κ2) is 26.3. The monoisotopic (exact) mass is 604 g/mol. The van der Waals surface area contributed by atoms with Gasteiger partial charge in [-0.3, -0.25) is 9.36 Å². The molecule has 14 nitrogen and oxygen atoms in total. The predicted octanol–water partition coefficient (Wildman–Crippen LogP) is 5.11. The molecule has 0 aliphatic heterocycles. The van der Waals surface area contributed by atoms with Crippen LogP contribution in [0.1, 0.15) is 77.7 Å². The minimum Gasteiger partial charge on any atom is -0.481 e. The lowest BCUT2D eigenvalue weighted by molar-refractivity contribution is -0.134. The Labute approximate surface area is 239 Å². The maximum Gasteiger partial charge on any atom is 0.408 e. The molecule has 0 bridgehead atoms. The molecule has 0 aromatic rings. The molecule has 0 fully saturated rings. The molecule has 0 aliphatic carbocycles. The number of alkyl carbamates (subject to hydrolysis) is 2. The van der Waals surface area contributed by atoms with Crippen molar-refractivity contribution in [3.05, 3.63) is 12.2 Å². The van der Waals surface area contributed by atoms with Crippen molar-refractivity contribution < 1.29 is 57.3 Å². The quantitative estimate of drug-likeness (QED) is 0.138. The highest BCUT2D eigenvalue weighted by atomic mass is 31.2. The van der Waals surface area contributed by atoms with E-state index in [4.69, 9.17) is 28.7 Å². The first-order chi connectivity index (χ1) is 16.8. The van der Waals surface area contributed by atoms with Crippen molar-refractivity contribution in [1.82, 2.24) is 10.6 Å². The SMILES string of the molecule is C.C.C.CC(C)(C)OC(=O)NC/C=C/C(=O)O.CC(C)(C)OC(=O)NCC=O.CCOP(=O)(CC(=O)O)OCC. The lowest BCUT2D eigenvalue weighted by atomic mass is 10.2. The van der Waals surface area contributed by atoms with Gasteiger partial charge in [0.25, 0.3) is 0 Å². The van der Waals surface area contributed by atoms with Crippen molar-refractivity contribution in [2.75, 3.05) is 32.5 Å². The van der Waals surface area contributed by atoms with Gasteiger partial charge in [0.1, 0.15) is 23.7 Å². The molecule has 0 aliphatic rings. The summed E-state index contributed by atoms with van der Waals surface area (Å²) in [6.07, 6.45) is 1.18. The van der Waals surface area contributed by atoms with Gasteiger partial charge in [0.15, 0.2) is 0 Å². The lowest BCUT2D eigenvalue weighted by Crippen LogP contribution is -2.33. The zero-order valence-corrected chi connectivity index (χ0v) is 23.6. The predicted molar refractivity (Wildman–Crippen MR) is 155 cm³/mol. The highest BCUT2D eigenvalue weighted by Gasteiger charge is 2.27. The van der Waals surface area contributed by atoms with E-state index in [2.05, 4.69) is 10.6 Å². The fourth-order valence-corrected chi connectivity index (χ4v) is 3.12. The summed E-state index contributed by atoms with van der Waals surface area (Å²) in [5.74, 6) is -2.23. The minimum absolute atomic E-state index is 0. The Bertz CT molecular complexity index is 778. The van der Waals surface area contributed by atoms with E-state index in [1.54, 1.807) is 55.4 Å². The molecule has 40 heavy (non-hydrogen) atoms. The van der Waals surface area contributed by atoms with E-state index >= 15 is 0 Å². The van der Waals surface area contributed by atoms with Gasteiger partial charge in [0.2, 0.25) is 0 Å². The van der Waals surface area contributed by atoms with Crippen molar-refractivity contribution >= 4 is 38.0 Å². The fourth-order valence-electron chi connectivity index (χ4n) is 1.74. The first-order valence-electron chi connectivity index (χ1n) is 11.2. The zero-order chi connectivity index (χ0) is 29.7. The summed E-state index contributed by atoms with van der Waals surface area (Å²) in [5.41, 5.74) is -1.05. The molecule has 0 aromatic carbocycles. The summed E-state index contributed by atoms with van der Waals surface area (Å²) in [6.45, 7) is 14.3. The number of nitrogens with one attached hydrogen (secondary N) is 2. The van der Waals surface area contributed by atoms with Crippen LogP contribution in [0.5, 0.6) is 0 Å². The molecule has 240 valence electrons. The minimum atomic E-state index is -3.38. The van der Waals surface area contributed by atoms with E-state index in [-0.39, 0.29) is 48.6 Å². The molecule has 0 unspecified atom stereocenters. The van der Waals surface area contributed by atoms with Gasteiger partial charge in [0.05, 0.1) is 19.8 Å². The third-order valence-corrected chi connectivity index (χ3v) is 4.69. The normalized spacial score (nSPS) is 10.3. The van der Waals surface area contributed by atoms with E-state index < -0.39 is 49.1 Å². The van der Waals surface area contributed by atoms with Crippen LogP contribution in [0.3, 0.4) is 0 Å². The van der Waals surface area contributed by atoms with Crippen molar-refractivity contribution in [2.45, 2.75) is 88.9 Å². The molecule has 2 amide bonds. The summed E-state index contributed by atoms with van der Waals surface area (Å²) < 4.78 is 30.6. The van der Waals surface area contributed by atoms with Crippen LogP contribution in [0.2, 0.25) is 0 Å². The van der Waals surface area contributed by atoms with Crippen LogP contribution in [-0.4, -0.2) is 84.3 Å². The number of aldehydes is 1. The van der Waals surface area contributed by atoms with Crippen LogP contribution in [0.25, 0.3) is 0 Å². The molecule has 4 N–H and O–H groups in total. The Morgan fingerprint density at radius 2 is 1.15 bits per heavy atom. The topological polar surface area (TPSA) is 204 Å². The van der Waals surface area contributed by atoms with Crippen LogP contribution < -0.4 is 10.6 Å². The molecule has 0 saturated heterocycles. The molecule has 0 aromatic heterocycles. The molecule has 0 spiro atoms. The Hall–Kier alpha value is -2.96. The van der Waals surface area contributed by atoms with Crippen molar-refractivity contribution in [3.8, 4) is 0 Å². The molecule has 0 heterocycles. The number of hydrogen-bond acceptors (Lipinski definition) is 10. The van der Waals surface area contributed by atoms with Gasteiger partial charge >= 0.3 is 31.7 Å². The summed E-state index contributed by atoms with van der Waals surface area (Å²) >= 11 is 0. The second-order valence-electron chi connectivity index (χ2n) is 8.67. The Balaban J connectivity index is -0.000000105. The molecule has 0 saturated carbocycles. The van der Waals surface area contributed by atoms with Gasteiger partial charge in [-0.25, -0.2) is 14.4 Å². The fraction of sp³-hybridized carbons (Fsp3) is 0.720. The number of ether oxygens (including phenoxy) is 2. The van der Waals surface area contributed by atoms with E-state index in [0.29, 0.717) is 6.29 Å². The van der Waals surface area contributed by atoms with Crippen LogP contribution in [0.15, 0.2) is 12.2 Å². The third kappa shape index (κ3) is 42.1. The average Bonchev–Trinajstić information content (AvgIpc) is 2.67. The van der Waals surface area contributed by atoms with E-state index in [9.17, 15) is 28.5 Å². The summed E-state index contributed by atoms with van der Waals surface area (Å²) in [5, 5.41) is 21.2. The molecular formula is C25H53N2O12P. The van der Waals surface area contributed by atoms with Gasteiger partial charge in [-0.05, 0) is 55.4 Å². The summed E-state index contributed by atoms with van der Waals surface area (Å²) in [4.78, 5) is 51.8. The van der Waals surface area contributed by atoms with E-state index in [1.165, 1.54) is 6.08 Å². The number of carbonyl (C=O) groups is 5. The number of carbonyl (C=O) groups excluding carboxylic acids is 3. The van der Waals surface area contributed by atoms with Crippen molar-refractivity contribution in [2.24, 2.45) is 0 Å². The smallest absolute Gasteiger partial charge is 0.408 e. The van der Waals surface area contributed by atoms with Crippen LogP contribution >= 0.6 is 7.60 Å². The van der Waals surface area contributed by atoms with Crippen LogP contribution in [0, 0.1) is 0 Å². The van der Waals surface area contributed by atoms with E-state index in [1.807, 2.05) is 0 Å².